The monoisotopic (exact) mass is 269 g/mol. The van der Waals surface area contributed by atoms with E-state index in [1.165, 1.54) is 11.1 Å². The zero-order valence-corrected chi connectivity index (χ0v) is 12.5. The summed E-state index contributed by atoms with van der Waals surface area (Å²) in [6.07, 6.45) is 0.897. The predicted octanol–water partition coefficient (Wildman–Crippen LogP) is 4.02. The predicted molar refractivity (Wildman–Crippen MR) is 84.0 cm³/mol. The third-order valence-electron chi connectivity index (χ3n) is 3.63. The maximum absolute atomic E-state index is 6.30. The second-order valence-corrected chi connectivity index (χ2v) is 5.22. The highest BCUT2D eigenvalue weighted by molar-refractivity contribution is 5.34. The van der Waals surface area contributed by atoms with Crippen molar-refractivity contribution in [3.63, 3.8) is 0 Å². The molecule has 2 rings (SSSR count). The molecule has 0 bridgehead atoms. The van der Waals surface area contributed by atoms with E-state index in [4.69, 9.17) is 10.5 Å². The van der Waals surface area contributed by atoms with Gasteiger partial charge in [0.05, 0.1) is 6.04 Å². The number of benzene rings is 2. The van der Waals surface area contributed by atoms with Crippen LogP contribution in [0.1, 0.15) is 36.6 Å². The number of hydrogen-bond acceptors (Lipinski definition) is 2. The zero-order chi connectivity index (χ0) is 14.5. The van der Waals surface area contributed by atoms with Crippen LogP contribution in [0.5, 0.6) is 5.75 Å². The lowest BCUT2D eigenvalue weighted by atomic mass is 10.0. The van der Waals surface area contributed by atoms with Gasteiger partial charge in [0.15, 0.2) is 0 Å². The first-order valence-corrected chi connectivity index (χ1v) is 7.18. The molecule has 20 heavy (non-hydrogen) atoms. The van der Waals surface area contributed by atoms with Crippen molar-refractivity contribution in [1.29, 1.82) is 0 Å². The van der Waals surface area contributed by atoms with E-state index in [2.05, 4.69) is 44.2 Å². The number of nitrogens with two attached hydrogens (primary N) is 1. The van der Waals surface area contributed by atoms with Crippen LogP contribution in [0.2, 0.25) is 0 Å². The zero-order valence-electron chi connectivity index (χ0n) is 12.5. The van der Waals surface area contributed by atoms with Crippen molar-refractivity contribution in [1.82, 2.24) is 0 Å². The molecule has 2 N–H and O–H groups in total. The number of rotatable bonds is 5. The molecule has 2 unspecified atom stereocenters. The van der Waals surface area contributed by atoms with Crippen LogP contribution in [0.15, 0.2) is 48.5 Å². The fourth-order valence-electron chi connectivity index (χ4n) is 2.24. The van der Waals surface area contributed by atoms with Crippen molar-refractivity contribution < 1.29 is 4.74 Å². The van der Waals surface area contributed by atoms with Crippen molar-refractivity contribution in [2.75, 3.05) is 0 Å². The molecule has 2 heteroatoms. The number of aryl methyl sites for hydroxylation is 2. The van der Waals surface area contributed by atoms with E-state index in [0.29, 0.717) is 0 Å². The standard InChI is InChI=1S/C18H23NO/c1-4-15-7-5-6-8-17(15)20-14(3)18(19)16-11-9-13(2)10-12-16/h5-12,14,18H,4,19H2,1-3H3. The second kappa shape index (κ2) is 6.58. The number of hydrogen-bond donors (Lipinski definition) is 1. The summed E-state index contributed by atoms with van der Waals surface area (Å²) in [4.78, 5) is 0. The maximum Gasteiger partial charge on any atom is 0.122 e. The quantitative estimate of drug-likeness (QED) is 0.889. The maximum atomic E-state index is 6.30. The molecule has 0 aliphatic rings. The second-order valence-electron chi connectivity index (χ2n) is 5.22. The molecule has 0 heterocycles. The van der Waals surface area contributed by atoms with Gasteiger partial charge < -0.3 is 10.5 Å². The van der Waals surface area contributed by atoms with E-state index in [1.54, 1.807) is 0 Å². The molecule has 0 aliphatic carbocycles. The Morgan fingerprint density at radius 3 is 2.35 bits per heavy atom. The molecule has 0 aromatic heterocycles. The van der Waals surface area contributed by atoms with Gasteiger partial charge in [-0.25, -0.2) is 0 Å². The van der Waals surface area contributed by atoms with E-state index < -0.39 is 0 Å². The van der Waals surface area contributed by atoms with E-state index in [9.17, 15) is 0 Å². The van der Waals surface area contributed by atoms with E-state index in [0.717, 1.165) is 17.7 Å². The third kappa shape index (κ3) is 3.40. The molecular formula is C18H23NO. The van der Waals surface area contributed by atoms with Gasteiger partial charge in [-0.2, -0.15) is 0 Å². The molecule has 2 atom stereocenters. The van der Waals surface area contributed by atoms with Crippen LogP contribution in [0.25, 0.3) is 0 Å². The number of para-hydroxylation sites is 1. The summed E-state index contributed by atoms with van der Waals surface area (Å²) >= 11 is 0. The van der Waals surface area contributed by atoms with Gasteiger partial charge in [-0.15, -0.1) is 0 Å². The van der Waals surface area contributed by atoms with Gasteiger partial charge in [0.2, 0.25) is 0 Å². The molecule has 2 nitrogen and oxygen atoms in total. The van der Waals surface area contributed by atoms with Crippen molar-refractivity contribution in [2.45, 2.75) is 39.3 Å². The van der Waals surface area contributed by atoms with E-state index in [-0.39, 0.29) is 12.1 Å². The van der Waals surface area contributed by atoms with Crippen molar-refractivity contribution in [3.05, 3.63) is 65.2 Å². The van der Waals surface area contributed by atoms with Gasteiger partial charge in [-0.1, -0.05) is 55.0 Å². The molecule has 0 fully saturated rings. The lowest BCUT2D eigenvalue weighted by Crippen LogP contribution is -2.29. The van der Waals surface area contributed by atoms with Crippen LogP contribution in [0.4, 0.5) is 0 Å². The lowest BCUT2D eigenvalue weighted by Gasteiger charge is -2.23. The Morgan fingerprint density at radius 1 is 1.05 bits per heavy atom. The Kier molecular flexibility index (Phi) is 4.80. The first-order chi connectivity index (χ1) is 9.61. The molecule has 0 spiro atoms. The Labute approximate surface area is 121 Å². The van der Waals surface area contributed by atoms with E-state index in [1.807, 2.05) is 25.1 Å². The third-order valence-corrected chi connectivity index (χ3v) is 3.63. The van der Waals surface area contributed by atoms with Crippen molar-refractivity contribution in [3.8, 4) is 5.75 Å². The normalized spacial score (nSPS) is 13.8. The van der Waals surface area contributed by atoms with Crippen LogP contribution in [-0.4, -0.2) is 6.10 Å². The van der Waals surface area contributed by atoms with Gasteiger partial charge in [0.1, 0.15) is 11.9 Å². The minimum atomic E-state index is -0.125. The highest BCUT2D eigenvalue weighted by Gasteiger charge is 2.17. The highest BCUT2D eigenvalue weighted by Crippen LogP contribution is 2.24. The molecule has 0 aliphatic heterocycles. The number of ether oxygens (including phenoxy) is 1. The van der Waals surface area contributed by atoms with Gasteiger partial charge in [-0.3, -0.25) is 0 Å². The van der Waals surface area contributed by atoms with Gasteiger partial charge in [0.25, 0.3) is 0 Å². The molecule has 106 valence electrons. The summed E-state index contributed by atoms with van der Waals surface area (Å²) in [6, 6.07) is 16.3. The van der Waals surface area contributed by atoms with Crippen LogP contribution >= 0.6 is 0 Å². The Hall–Kier alpha value is -1.80. The van der Waals surface area contributed by atoms with Gasteiger partial charge in [0, 0.05) is 0 Å². The van der Waals surface area contributed by atoms with Crippen LogP contribution in [-0.2, 0) is 6.42 Å². The van der Waals surface area contributed by atoms with Crippen LogP contribution < -0.4 is 10.5 Å². The first-order valence-electron chi connectivity index (χ1n) is 7.18. The summed E-state index contributed by atoms with van der Waals surface area (Å²) in [5, 5.41) is 0. The molecule has 0 radical (unpaired) electrons. The summed E-state index contributed by atoms with van der Waals surface area (Å²) in [5.74, 6) is 0.935. The Balaban J connectivity index is 2.11. The van der Waals surface area contributed by atoms with Gasteiger partial charge in [-0.05, 0) is 37.5 Å². The average molecular weight is 269 g/mol. The summed E-state index contributed by atoms with van der Waals surface area (Å²) in [6.45, 7) is 6.23. The largest absolute Gasteiger partial charge is 0.488 e. The molecule has 0 saturated carbocycles. The highest BCUT2D eigenvalue weighted by atomic mass is 16.5. The summed E-state index contributed by atoms with van der Waals surface area (Å²) in [5.41, 5.74) is 9.87. The minimum absolute atomic E-state index is 0.0644. The average Bonchev–Trinajstić information content (AvgIpc) is 2.48. The van der Waals surface area contributed by atoms with Gasteiger partial charge >= 0.3 is 0 Å². The first kappa shape index (κ1) is 14.6. The minimum Gasteiger partial charge on any atom is -0.488 e. The Morgan fingerprint density at radius 2 is 1.70 bits per heavy atom. The Bertz CT molecular complexity index is 548. The summed E-state index contributed by atoms with van der Waals surface area (Å²) in [7, 11) is 0. The molecule has 0 saturated heterocycles. The molecule has 2 aromatic rings. The summed E-state index contributed by atoms with van der Waals surface area (Å²) < 4.78 is 6.06. The van der Waals surface area contributed by atoms with Crippen LogP contribution in [0, 0.1) is 6.92 Å². The van der Waals surface area contributed by atoms with Crippen molar-refractivity contribution >= 4 is 0 Å². The van der Waals surface area contributed by atoms with Crippen LogP contribution in [0.3, 0.4) is 0 Å². The fraction of sp³-hybridized carbons (Fsp3) is 0.333. The van der Waals surface area contributed by atoms with Crippen molar-refractivity contribution in [2.24, 2.45) is 5.73 Å². The molecule has 0 amide bonds. The smallest absolute Gasteiger partial charge is 0.122 e. The molecule has 2 aromatic carbocycles. The lowest BCUT2D eigenvalue weighted by molar-refractivity contribution is 0.189. The topological polar surface area (TPSA) is 35.2 Å². The SMILES string of the molecule is CCc1ccccc1OC(C)C(N)c1ccc(C)cc1. The van der Waals surface area contributed by atoms with E-state index >= 15 is 0 Å². The molecular weight excluding hydrogens is 246 g/mol. The fourth-order valence-corrected chi connectivity index (χ4v) is 2.24.